The maximum absolute atomic E-state index is 11.0. The summed E-state index contributed by atoms with van der Waals surface area (Å²) in [4.78, 5) is 11.0. The van der Waals surface area contributed by atoms with Gasteiger partial charge in [-0.15, -0.1) is 0 Å². The zero-order valence-corrected chi connectivity index (χ0v) is 9.24. The molecule has 0 heterocycles. The van der Waals surface area contributed by atoms with Crippen LogP contribution in [0.3, 0.4) is 0 Å². The molecule has 1 rings (SSSR count). The fraction of sp³-hybridized carbons (Fsp3) is 0.727. The SMILES string of the molecule is COC(=O)OC1C(C)=CCC(C)C1C. The van der Waals surface area contributed by atoms with Crippen molar-refractivity contribution in [2.45, 2.75) is 33.3 Å². The van der Waals surface area contributed by atoms with Gasteiger partial charge in [-0.1, -0.05) is 19.9 Å². The van der Waals surface area contributed by atoms with Gasteiger partial charge in [-0.2, -0.15) is 0 Å². The molecule has 3 heteroatoms. The summed E-state index contributed by atoms with van der Waals surface area (Å²) in [6, 6.07) is 0. The first-order chi connectivity index (χ1) is 6.56. The molecule has 0 N–H and O–H groups in total. The Bertz CT molecular complexity index is 245. The molecular weight excluding hydrogens is 180 g/mol. The van der Waals surface area contributed by atoms with E-state index in [-0.39, 0.29) is 6.10 Å². The Morgan fingerprint density at radius 3 is 2.71 bits per heavy atom. The fourth-order valence-corrected chi connectivity index (χ4v) is 1.77. The van der Waals surface area contributed by atoms with E-state index in [1.54, 1.807) is 0 Å². The topological polar surface area (TPSA) is 35.5 Å². The molecule has 0 saturated heterocycles. The lowest BCUT2D eigenvalue weighted by atomic mass is 9.80. The van der Waals surface area contributed by atoms with Crippen LogP contribution in [0.2, 0.25) is 0 Å². The molecule has 0 radical (unpaired) electrons. The average molecular weight is 198 g/mol. The number of methoxy groups -OCH3 is 1. The molecule has 1 aliphatic carbocycles. The van der Waals surface area contributed by atoms with Gasteiger partial charge in [-0.3, -0.25) is 0 Å². The van der Waals surface area contributed by atoms with E-state index < -0.39 is 6.16 Å². The monoisotopic (exact) mass is 198 g/mol. The Morgan fingerprint density at radius 1 is 1.50 bits per heavy atom. The van der Waals surface area contributed by atoms with Gasteiger partial charge in [0.2, 0.25) is 0 Å². The first-order valence-corrected chi connectivity index (χ1v) is 4.97. The van der Waals surface area contributed by atoms with Crippen LogP contribution in [0.5, 0.6) is 0 Å². The maximum atomic E-state index is 11.0. The van der Waals surface area contributed by atoms with E-state index in [4.69, 9.17) is 4.74 Å². The number of hydrogen-bond donors (Lipinski definition) is 0. The lowest BCUT2D eigenvalue weighted by molar-refractivity contribution is 0.0178. The Balaban J connectivity index is 2.69. The van der Waals surface area contributed by atoms with Gasteiger partial charge in [0.05, 0.1) is 7.11 Å². The fourth-order valence-electron chi connectivity index (χ4n) is 1.77. The minimum Gasteiger partial charge on any atom is -0.438 e. The highest BCUT2D eigenvalue weighted by atomic mass is 16.7. The predicted octanol–water partition coefficient (Wildman–Crippen LogP) is 2.76. The highest BCUT2D eigenvalue weighted by Crippen LogP contribution is 2.31. The molecule has 0 fully saturated rings. The summed E-state index contributed by atoms with van der Waals surface area (Å²) in [5.41, 5.74) is 1.13. The second-order valence-electron chi connectivity index (χ2n) is 4.01. The molecule has 3 unspecified atom stereocenters. The van der Waals surface area contributed by atoms with Crippen molar-refractivity contribution in [2.75, 3.05) is 7.11 Å². The number of allylic oxidation sites excluding steroid dienone is 1. The number of ether oxygens (including phenoxy) is 2. The smallest absolute Gasteiger partial charge is 0.438 e. The van der Waals surface area contributed by atoms with Gasteiger partial charge in [-0.05, 0) is 24.8 Å². The van der Waals surface area contributed by atoms with Gasteiger partial charge in [0.15, 0.2) is 0 Å². The lowest BCUT2D eigenvalue weighted by Crippen LogP contribution is -2.33. The van der Waals surface area contributed by atoms with Gasteiger partial charge < -0.3 is 9.47 Å². The Hall–Kier alpha value is -0.990. The number of carbonyl (C=O) groups excluding carboxylic acids is 1. The predicted molar refractivity (Wildman–Crippen MR) is 54.0 cm³/mol. The minimum absolute atomic E-state index is 0.119. The molecule has 3 nitrogen and oxygen atoms in total. The number of carbonyl (C=O) groups is 1. The van der Waals surface area contributed by atoms with Crippen molar-refractivity contribution >= 4 is 6.16 Å². The van der Waals surface area contributed by atoms with Crippen LogP contribution >= 0.6 is 0 Å². The van der Waals surface area contributed by atoms with Crippen molar-refractivity contribution in [1.82, 2.24) is 0 Å². The van der Waals surface area contributed by atoms with E-state index in [1.807, 2.05) is 6.92 Å². The van der Waals surface area contributed by atoms with Gasteiger partial charge in [0.1, 0.15) is 6.10 Å². The van der Waals surface area contributed by atoms with E-state index in [2.05, 4.69) is 24.7 Å². The largest absolute Gasteiger partial charge is 0.508 e. The van der Waals surface area contributed by atoms with E-state index in [0.29, 0.717) is 11.8 Å². The van der Waals surface area contributed by atoms with Crippen LogP contribution in [0.1, 0.15) is 27.2 Å². The van der Waals surface area contributed by atoms with Crippen LogP contribution in [0, 0.1) is 11.8 Å². The quantitative estimate of drug-likeness (QED) is 0.480. The number of hydrogen-bond acceptors (Lipinski definition) is 3. The van der Waals surface area contributed by atoms with Crippen molar-refractivity contribution in [3.05, 3.63) is 11.6 Å². The van der Waals surface area contributed by atoms with E-state index in [9.17, 15) is 4.79 Å². The average Bonchev–Trinajstić information content (AvgIpc) is 2.18. The number of rotatable bonds is 1. The van der Waals surface area contributed by atoms with Crippen molar-refractivity contribution in [2.24, 2.45) is 11.8 Å². The van der Waals surface area contributed by atoms with Crippen molar-refractivity contribution in [3.8, 4) is 0 Å². The zero-order valence-electron chi connectivity index (χ0n) is 9.24. The zero-order chi connectivity index (χ0) is 10.7. The molecule has 0 aromatic carbocycles. The Labute approximate surface area is 85.1 Å². The van der Waals surface area contributed by atoms with Crippen molar-refractivity contribution in [3.63, 3.8) is 0 Å². The molecule has 1 aliphatic rings. The minimum atomic E-state index is -0.594. The summed E-state index contributed by atoms with van der Waals surface area (Å²) >= 11 is 0. The van der Waals surface area contributed by atoms with Crippen LogP contribution in [0.15, 0.2) is 11.6 Å². The third-order valence-corrected chi connectivity index (χ3v) is 3.03. The summed E-state index contributed by atoms with van der Waals surface area (Å²) in [6.45, 7) is 6.27. The third kappa shape index (κ3) is 2.28. The second kappa shape index (κ2) is 4.49. The van der Waals surface area contributed by atoms with Gasteiger partial charge in [-0.25, -0.2) is 4.79 Å². The molecule has 0 spiro atoms. The molecular formula is C11H18O3. The molecule has 0 aromatic rings. The molecule has 14 heavy (non-hydrogen) atoms. The van der Waals surface area contributed by atoms with E-state index in [0.717, 1.165) is 12.0 Å². The van der Waals surface area contributed by atoms with Gasteiger partial charge >= 0.3 is 6.16 Å². The maximum Gasteiger partial charge on any atom is 0.508 e. The van der Waals surface area contributed by atoms with Gasteiger partial charge in [0.25, 0.3) is 0 Å². The van der Waals surface area contributed by atoms with Crippen LogP contribution in [-0.2, 0) is 9.47 Å². The van der Waals surface area contributed by atoms with Crippen molar-refractivity contribution in [1.29, 1.82) is 0 Å². The standard InChI is InChI=1S/C11H18O3/c1-7-5-6-8(2)10(9(7)3)14-11(12)13-4/h6-7,9-10H,5H2,1-4H3. The summed E-state index contributed by atoms with van der Waals surface area (Å²) in [5.74, 6) is 0.910. The molecule has 0 bridgehead atoms. The summed E-state index contributed by atoms with van der Waals surface area (Å²) in [7, 11) is 1.33. The van der Waals surface area contributed by atoms with Crippen LogP contribution in [0.4, 0.5) is 4.79 Å². The van der Waals surface area contributed by atoms with E-state index in [1.165, 1.54) is 7.11 Å². The normalized spacial score (nSPS) is 32.0. The highest BCUT2D eigenvalue weighted by molar-refractivity contribution is 5.60. The van der Waals surface area contributed by atoms with Crippen LogP contribution in [-0.4, -0.2) is 19.4 Å². The Morgan fingerprint density at radius 2 is 2.14 bits per heavy atom. The van der Waals surface area contributed by atoms with Gasteiger partial charge in [0, 0.05) is 5.92 Å². The molecule has 0 aliphatic heterocycles. The molecule has 80 valence electrons. The molecule has 0 aromatic heterocycles. The summed E-state index contributed by atoms with van der Waals surface area (Å²) in [5, 5.41) is 0. The van der Waals surface area contributed by atoms with Crippen LogP contribution in [0.25, 0.3) is 0 Å². The molecule has 0 amide bonds. The summed E-state index contributed by atoms with van der Waals surface area (Å²) in [6.07, 6.45) is 2.49. The first kappa shape index (κ1) is 11.1. The second-order valence-corrected chi connectivity index (χ2v) is 4.01. The van der Waals surface area contributed by atoms with Crippen molar-refractivity contribution < 1.29 is 14.3 Å². The third-order valence-electron chi connectivity index (χ3n) is 3.03. The highest BCUT2D eigenvalue weighted by Gasteiger charge is 2.30. The molecule has 3 atom stereocenters. The Kier molecular flexibility index (Phi) is 3.55. The molecule has 0 saturated carbocycles. The lowest BCUT2D eigenvalue weighted by Gasteiger charge is -2.32. The summed E-state index contributed by atoms with van der Waals surface area (Å²) < 4.78 is 9.70. The van der Waals surface area contributed by atoms with E-state index >= 15 is 0 Å². The van der Waals surface area contributed by atoms with Crippen LogP contribution < -0.4 is 0 Å². The first-order valence-electron chi connectivity index (χ1n) is 4.97.